The molecular weight excluding hydrogens is 266 g/mol. The first-order chi connectivity index (χ1) is 8.99. The fourth-order valence-electron chi connectivity index (χ4n) is 2.24. The minimum absolute atomic E-state index is 0.146. The highest BCUT2D eigenvalue weighted by molar-refractivity contribution is 6.33. The van der Waals surface area contributed by atoms with E-state index in [1.165, 1.54) is 0 Å². The van der Waals surface area contributed by atoms with Gasteiger partial charge in [0.25, 0.3) is 5.91 Å². The Balaban J connectivity index is 2.14. The third-order valence-electron chi connectivity index (χ3n) is 3.36. The number of piperidine rings is 1. The summed E-state index contributed by atoms with van der Waals surface area (Å²) in [6.45, 7) is 1.00. The highest BCUT2D eigenvalue weighted by Crippen LogP contribution is 2.23. The molecule has 1 aliphatic rings. The monoisotopic (exact) mass is 281 g/mol. The van der Waals surface area contributed by atoms with Crippen LogP contribution >= 0.6 is 11.6 Å². The van der Waals surface area contributed by atoms with E-state index in [-0.39, 0.29) is 17.7 Å². The van der Waals surface area contributed by atoms with Crippen LogP contribution in [0.3, 0.4) is 0 Å². The summed E-state index contributed by atoms with van der Waals surface area (Å²) in [7, 11) is 0. The molecule has 6 heteroatoms. The van der Waals surface area contributed by atoms with Gasteiger partial charge in [-0.2, -0.15) is 0 Å². The minimum Gasteiger partial charge on any atom is -0.398 e. The lowest BCUT2D eigenvalue weighted by Crippen LogP contribution is -2.44. The molecule has 1 aromatic rings. The van der Waals surface area contributed by atoms with Gasteiger partial charge in [-0.3, -0.25) is 9.59 Å². The maximum Gasteiger partial charge on any atom is 0.253 e. The van der Waals surface area contributed by atoms with Gasteiger partial charge in [-0.05, 0) is 31.0 Å². The smallest absolute Gasteiger partial charge is 0.253 e. The summed E-state index contributed by atoms with van der Waals surface area (Å²) in [6.07, 6.45) is 1.52. The molecule has 1 atom stereocenters. The van der Waals surface area contributed by atoms with Crippen molar-refractivity contribution in [2.24, 2.45) is 11.7 Å². The highest BCUT2D eigenvalue weighted by atomic mass is 35.5. The first kappa shape index (κ1) is 13.7. The lowest BCUT2D eigenvalue weighted by Gasteiger charge is -2.31. The maximum absolute atomic E-state index is 12.3. The molecule has 0 spiro atoms. The third kappa shape index (κ3) is 2.98. The van der Waals surface area contributed by atoms with E-state index in [2.05, 4.69) is 0 Å². The van der Waals surface area contributed by atoms with Gasteiger partial charge in [0.2, 0.25) is 5.91 Å². The van der Waals surface area contributed by atoms with Crippen LogP contribution in [0.1, 0.15) is 23.2 Å². The van der Waals surface area contributed by atoms with E-state index in [0.717, 1.165) is 12.8 Å². The molecule has 1 unspecified atom stereocenters. The largest absolute Gasteiger partial charge is 0.398 e. The number of hydrogen-bond acceptors (Lipinski definition) is 3. The Bertz CT molecular complexity index is 519. The van der Waals surface area contributed by atoms with Gasteiger partial charge < -0.3 is 16.4 Å². The Morgan fingerprint density at radius 3 is 2.74 bits per heavy atom. The average molecular weight is 282 g/mol. The number of carbonyl (C=O) groups excluding carboxylic acids is 2. The van der Waals surface area contributed by atoms with Gasteiger partial charge in [-0.15, -0.1) is 0 Å². The van der Waals surface area contributed by atoms with Crippen LogP contribution < -0.4 is 11.5 Å². The number of primary amides is 1. The predicted molar refractivity (Wildman–Crippen MR) is 73.7 cm³/mol. The predicted octanol–water partition coefficient (Wildman–Crippen LogP) is 1.26. The van der Waals surface area contributed by atoms with E-state index in [1.54, 1.807) is 23.1 Å². The van der Waals surface area contributed by atoms with E-state index >= 15 is 0 Å². The molecule has 1 fully saturated rings. The van der Waals surface area contributed by atoms with Gasteiger partial charge >= 0.3 is 0 Å². The lowest BCUT2D eigenvalue weighted by molar-refractivity contribution is -0.123. The molecule has 1 heterocycles. The van der Waals surface area contributed by atoms with Crippen molar-refractivity contribution >= 4 is 29.1 Å². The van der Waals surface area contributed by atoms with Crippen molar-refractivity contribution in [2.75, 3.05) is 18.8 Å². The number of anilines is 1. The van der Waals surface area contributed by atoms with Crippen LogP contribution in [0.5, 0.6) is 0 Å². The lowest BCUT2D eigenvalue weighted by atomic mass is 9.97. The van der Waals surface area contributed by atoms with Crippen LogP contribution in [0.2, 0.25) is 5.02 Å². The van der Waals surface area contributed by atoms with Crippen LogP contribution in [0.15, 0.2) is 18.2 Å². The SMILES string of the molecule is NC(=O)C1CCCN(C(=O)c2ccc(N)c(Cl)c2)C1. The van der Waals surface area contributed by atoms with Gasteiger partial charge in [0, 0.05) is 18.7 Å². The summed E-state index contributed by atoms with van der Waals surface area (Å²) >= 11 is 5.91. The van der Waals surface area contributed by atoms with Crippen molar-refractivity contribution in [1.29, 1.82) is 0 Å². The first-order valence-corrected chi connectivity index (χ1v) is 6.50. The highest BCUT2D eigenvalue weighted by Gasteiger charge is 2.27. The van der Waals surface area contributed by atoms with Crippen LogP contribution in [0.25, 0.3) is 0 Å². The Hall–Kier alpha value is -1.75. The Morgan fingerprint density at radius 2 is 2.11 bits per heavy atom. The molecule has 1 aromatic carbocycles. The Morgan fingerprint density at radius 1 is 1.37 bits per heavy atom. The van der Waals surface area contributed by atoms with E-state index < -0.39 is 0 Å². The molecule has 0 saturated carbocycles. The molecule has 2 amide bonds. The maximum atomic E-state index is 12.3. The van der Waals surface area contributed by atoms with Crippen molar-refractivity contribution in [2.45, 2.75) is 12.8 Å². The summed E-state index contributed by atoms with van der Waals surface area (Å²) in [5.74, 6) is -0.761. The number of benzene rings is 1. The van der Waals surface area contributed by atoms with E-state index in [0.29, 0.717) is 29.4 Å². The second-order valence-electron chi connectivity index (χ2n) is 4.73. The summed E-state index contributed by atoms with van der Waals surface area (Å²) < 4.78 is 0. The molecule has 0 radical (unpaired) electrons. The molecule has 5 nitrogen and oxygen atoms in total. The summed E-state index contributed by atoms with van der Waals surface area (Å²) in [5, 5.41) is 0.356. The average Bonchev–Trinajstić information content (AvgIpc) is 2.41. The Kier molecular flexibility index (Phi) is 3.95. The zero-order valence-corrected chi connectivity index (χ0v) is 11.2. The molecule has 102 valence electrons. The molecule has 2 rings (SSSR count). The molecule has 19 heavy (non-hydrogen) atoms. The topological polar surface area (TPSA) is 89.4 Å². The number of carbonyl (C=O) groups is 2. The standard InChI is InChI=1S/C13H16ClN3O2/c14-10-6-8(3-4-11(10)15)13(19)17-5-1-2-9(7-17)12(16)18/h3-4,6,9H,1-2,5,7,15H2,(H2,16,18). The van der Waals surface area contributed by atoms with Crippen molar-refractivity contribution in [3.05, 3.63) is 28.8 Å². The quantitative estimate of drug-likeness (QED) is 0.800. The molecule has 1 saturated heterocycles. The number of likely N-dealkylation sites (tertiary alicyclic amines) is 1. The summed E-state index contributed by atoms with van der Waals surface area (Å²) in [5.41, 5.74) is 11.8. The van der Waals surface area contributed by atoms with Gasteiger partial charge in [0.1, 0.15) is 0 Å². The first-order valence-electron chi connectivity index (χ1n) is 6.12. The third-order valence-corrected chi connectivity index (χ3v) is 3.69. The van der Waals surface area contributed by atoms with Crippen molar-refractivity contribution in [1.82, 2.24) is 4.90 Å². The zero-order chi connectivity index (χ0) is 14.0. The number of halogens is 1. The number of rotatable bonds is 2. The fraction of sp³-hybridized carbons (Fsp3) is 0.385. The van der Waals surface area contributed by atoms with Crippen LogP contribution in [0.4, 0.5) is 5.69 Å². The van der Waals surface area contributed by atoms with Crippen molar-refractivity contribution < 1.29 is 9.59 Å². The van der Waals surface area contributed by atoms with Gasteiger partial charge in [-0.1, -0.05) is 11.6 Å². The van der Waals surface area contributed by atoms with Crippen LogP contribution in [-0.4, -0.2) is 29.8 Å². The zero-order valence-electron chi connectivity index (χ0n) is 10.4. The van der Waals surface area contributed by atoms with Crippen molar-refractivity contribution in [3.63, 3.8) is 0 Å². The van der Waals surface area contributed by atoms with Gasteiger partial charge in [0.05, 0.1) is 16.6 Å². The minimum atomic E-state index is -0.354. The fourth-order valence-corrected chi connectivity index (χ4v) is 2.42. The number of nitrogens with zero attached hydrogens (tertiary/aromatic N) is 1. The number of nitrogens with two attached hydrogens (primary N) is 2. The van der Waals surface area contributed by atoms with Crippen molar-refractivity contribution in [3.8, 4) is 0 Å². The second kappa shape index (κ2) is 5.48. The van der Waals surface area contributed by atoms with E-state index in [4.69, 9.17) is 23.1 Å². The summed E-state index contributed by atoms with van der Waals surface area (Å²) in [4.78, 5) is 25.1. The molecule has 0 aromatic heterocycles. The van der Waals surface area contributed by atoms with Crippen LogP contribution in [0, 0.1) is 5.92 Å². The Labute approximate surface area is 116 Å². The number of amides is 2. The van der Waals surface area contributed by atoms with E-state index in [1.807, 2.05) is 0 Å². The number of nitrogen functional groups attached to an aromatic ring is 1. The van der Waals surface area contributed by atoms with Gasteiger partial charge in [0.15, 0.2) is 0 Å². The molecule has 0 aliphatic carbocycles. The molecule has 0 bridgehead atoms. The second-order valence-corrected chi connectivity index (χ2v) is 5.14. The summed E-state index contributed by atoms with van der Waals surface area (Å²) in [6, 6.07) is 4.79. The molecule has 4 N–H and O–H groups in total. The normalized spacial score (nSPS) is 19.2. The van der Waals surface area contributed by atoms with Crippen LogP contribution in [-0.2, 0) is 4.79 Å². The number of hydrogen-bond donors (Lipinski definition) is 2. The van der Waals surface area contributed by atoms with E-state index in [9.17, 15) is 9.59 Å². The van der Waals surface area contributed by atoms with Gasteiger partial charge in [-0.25, -0.2) is 0 Å². The molecule has 1 aliphatic heterocycles. The molecular formula is C13H16ClN3O2.